The van der Waals surface area contributed by atoms with Crippen LogP contribution in [0.25, 0.3) is 0 Å². The van der Waals surface area contributed by atoms with Gasteiger partial charge in [-0.1, -0.05) is 6.07 Å². The maximum Gasteiger partial charge on any atom is 0.0399 e. The summed E-state index contributed by atoms with van der Waals surface area (Å²) >= 11 is 11.6. The van der Waals surface area contributed by atoms with Crippen molar-refractivity contribution >= 4 is 34.6 Å². The van der Waals surface area contributed by atoms with Crippen molar-refractivity contribution in [2.45, 2.75) is 6.92 Å². The van der Waals surface area contributed by atoms with Crippen LogP contribution in [0.4, 0.5) is 11.4 Å². The molecule has 0 saturated carbocycles. The number of benzene rings is 1. The molecule has 0 bridgehead atoms. The summed E-state index contributed by atoms with van der Waals surface area (Å²) in [6.45, 7) is 3.73. The Bertz CT molecular complexity index is 323. The molecule has 0 unspecified atom stereocenters. The topological polar surface area (TPSA) is 15.3 Å². The van der Waals surface area contributed by atoms with E-state index in [1.54, 1.807) is 0 Å². The molecule has 0 aliphatic heterocycles. The Morgan fingerprint density at radius 1 is 1.19 bits per heavy atom. The van der Waals surface area contributed by atoms with Gasteiger partial charge in [0.2, 0.25) is 0 Å². The van der Waals surface area contributed by atoms with E-state index in [1.807, 2.05) is 7.05 Å². The second-order valence-electron chi connectivity index (χ2n) is 3.61. The molecule has 4 heteroatoms. The fraction of sp³-hybridized carbons (Fsp3) is 0.500. The van der Waals surface area contributed by atoms with E-state index in [0.717, 1.165) is 24.5 Å². The molecule has 0 aliphatic carbocycles. The minimum Gasteiger partial charge on any atom is -0.388 e. The minimum absolute atomic E-state index is 0.611. The average Bonchev–Trinajstić information content (AvgIpc) is 2.29. The second kappa shape index (κ2) is 6.87. The Kier molecular flexibility index (Phi) is 5.78. The van der Waals surface area contributed by atoms with Gasteiger partial charge in [0.15, 0.2) is 0 Å². The van der Waals surface area contributed by atoms with Crippen LogP contribution in [-0.2, 0) is 0 Å². The third-order valence-electron chi connectivity index (χ3n) is 2.56. The lowest BCUT2D eigenvalue weighted by molar-refractivity contribution is 0.874. The molecule has 0 aromatic heterocycles. The van der Waals surface area contributed by atoms with Crippen LogP contribution in [0.5, 0.6) is 0 Å². The van der Waals surface area contributed by atoms with Gasteiger partial charge in [0.1, 0.15) is 0 Å². The number of nitrogens with one attached hydrogen (secondary N) is 1. The number of hydrogen-bond donors (Lipinski definition) is 1. The highest BCUT2D eigenvalue weighted by Crippen LogP contribution is 2.23. The standard InChI is InChI=1S/C12H18Cl2N2/c1-10-3-4-11(9-12(10)15-2)16(7-5-13)8-6-14/h3-4,9,15H,5-8H2,1-2H3. The zero-order chi connectivity index (χ0) is 12.0. The van der Waals surface area contributed by atoms with Crippen molar-refractivity contribution in [1.82, 2.24) is 0 Å². The van der Waals surface area contributed by atoms with E-state index >= 15 is 0 Å². The predicted molar refractivity (Wildman–Crippen MR) is 74.4 cm³/mol. The maximum absolute atomic E-state index is 5.79. The summed E-state index contributed by atoms with van der Waals surface area (Å²) in [7, 11) is 1.93. The Morgan fingerprint density at radius 2 is 1.81 bits per heavy atom. The molecule has 0 radical (unpaired) electrons. The SMILES string of the molecule is CNc1cc(N(CCCl)CCCl)ccc1C. The molecular weight excluding hydrogens is 243 g/mol. The van der Waals surface area contributed by atoms with E-state index in [9.17, 15) is 0 Å². The van der Waals surface area contributed by atoms with Crippen LogP contribution in [0.1, 0.15) is 5.56 Å². The highest BCUT2D eigenvalue weighted by Gasteiger charge is 2.06. The van der Waals surface area contributed by atoms with Crippen LogP contribution >= 0.6 is 23.2 Å². The van der Waals surface area contributed by atoms with Gasteiger partial charge in [0.05, 0.1) is 0 Å². The van der Waals surface area contributed by atoms with Gasteiger partial charge in [-0.3, -0.25) is 0 Å². The zero-order valence-corrected chi connectivity index (χ0v) is 11.3. The average molecular weight is 261 g/mol. The van der Waals surface area contributed by atoms with E-state index in [1.165, 1.54) is 5.56 Å². The molecule has 1 N–H and O–H groups in total. The van der Waals surface area contributed by atoms with Crippen molar-refractivity contribution in [1.29, 1.82) is 0 Å². The third-order valence-corrected chi connectivity index (χ3v) is 2.90. The molecule has 0 saturated heterocycles. The van der Waals surface area contributed by atoms with E-state index in [-0.39, 0.29) is 0 Å². The maximum atomic E-state index is 5.79. The van der Waals surface area contributed by atoms with Crippen LogP contribution in [-0.4, -0.2) is 31.9 Å². The van der Waals surface area contributed by atoms with Crippen molar-refractivity contribution in [3.8, 4) is 0 Å². The number of hydrogen-bond acceptors (Lipinski definition) is 2. The van der Waals surface area contributed by atoms with Crippen LogP contribution < -0.4 is 10.2 Å². The number of alkyl halides is 2. The van der Waals surface area contributed by atoms with Gasteiger partial charge in [-0.15, -0.1) is 23.2 Å². The van der Waals surface area contributed by atoms with Crippen molar-refractivity contribution in [3.63, 3.8) is 0 Å². The first-order chi connectivity index (χ1) is 7.72. The van der Waals surface area contributed by atoms with Crippen molar-refractivity contribution in [2.24, 2.45) is 0 Å². The van der Waals surface area contributed by atoms with Crippen LogP contribution in [0, 0.1) is 6.92 Å². The smallest absolute Gasteiger partial charge is 0.0399 e. The van der Waals surface area contributed by atoms with Gasteiger partial charge in [-0.25, -0.2) is 0 Å². The Balaban J connectivity index is 2.90. The highest BCUT2D eigenvalue weighted by molar-refractivity contribution is 6.18. The highest BCUT2D eigenvalue weighted by atomic mass is 35.5. The van der Waals surface area contributed by atoms with Crippen molar-refractivity contribution < 1.29 is 0 Å². The lowest BCUT2D eigenvalue weighted by Crippen LogP contribution is -2.27. The normalized spacial score (nSPS) is 10.2. The number of anilines is 2. The lowest BCUT2D eigenvalue weighted by atomic mass is 10.1. The zero-order valence-electron chi connectivity index (χ0n) is 9.76. The summed E-state index contributed by atoms with van der Waals surface area (Å²) in [5.74, 6) is 1.22. The first-order valence-electron chi connectivity index (χ1n) is 5.38. The largest absolute Gasteiger partial charge is 0.388 e. The Morgan fingerprint density at radius 3 is 2.31 bits per heavy atom. The minimum atomic E-state index is 0.611. The molecule has 1 aromatic carbocycles. The Hall–Kier alpha value is -0.600. The summed E-state index contributed by atoms with van der Waals surface area (Å²) in [5, 5.41) is 3.18. The molecule has 0 fully saturated rings. The molecule has 2 nitrogen and oxygen atoms in total. The van der Waals surface area contributed by atoms with Gasteiger partial charge in [-0.2, -0.15) is 0 Å². The number of rotatable bonds is 6. The Labute approximate surface area is 108 Å². The molecule has 0 heterocycles. The summed E-state index contributed by atoms with van der Waals surface area (Å²) in [5.41, 5.74) is 3.55. The molecule has 0 atom stereocenters. The van der Waals surface area contributed by atoms with Gasteiger partial charge < -0.3 is 10.2 Å². The molecule has 1 rings (SSSR count). The number of aryl methyl sites for hydroxylation is 1. The van der Waals surface area contributed by atoms with Crippen LogP contribution in [0.3, 0.4) is 0 Å². The summed E-state index contributed by atoms with van der Waals surface area (Å²) < 4.78 is 0. The molecule has 0 amide bonds. The molecular formula is C12H18Cl2N2. The van der Waals surface area contributed by atoms with Crippen LogP contribution in [0.2, 0.25) is 0 Å². The van der Waals surface area contributed by atoms with Gasteiger partial charge >= 0.3 is 0 Å². The van der Waals surface area contributed by atoms with E-state index in [4.69, 9.17) is 23.2 Å². The van der Waals surface area contributed by atoms with E-state index < -0.39 is 0 Å². The lowest BCUT2D eigenvalue weighted by Gasteiger charge is -2.24. The summed E-state index contributed by atoms with van der Waals surface area (Å²) in [4.78, 5) is 2.19. The fourth-order valence-corrected chi connectivity index (χ4v) is 2.06. The van der Waals surface area contributed by atoms with Gasteiger partial charge in [0.25, 0.3) is 0 Å². The third kappa shape index (κ3) is 3.46. The fourth-order valence-electron chi connectivity index (χ4n) is 1.65. The van der Waals surface area contributed by atoms with Crippen molar-refractivity contribution in [3.05, 3.63) is 23.8 Å². The van der Waals surface area contributed by atoms with Crippen molar-refractivity contribution in [2.75, 3.05) is 42.1 Å². The number of halogens is 2. The number of nitrogens with zero attached hydrogens (tertiary/aromatic N) is 1. The quantitative estimate of drug-likeness (QED) is 0.790. The van der Waals surface area contributed by atoms with E-state index in [2.05, 4.69) is 35.3 Å². The second-order valence-corrected chi connectivity index (χ2v) is 4.37. The summed E-state index contributed by atoms with van der Waals surface area (Å²) in [6, 6.07) is 6.35. The van der Waals surface area contributed by atoms with Gasteiger partial charge in [0, 0.05) is 43.3 Å². The first-order valence-corrected chi connectivity index (χ1v) is 6.45. The van der Waals surface area contributed by atoms with E-state index in [0.29, 0.717) is 11.8 Å². The molecule has 1 aromatic rings. The molecule has 0 spiro atoms. The van der Waals surface area contributed by atoms with Gasteiger partial charge in [-0.05, 0) is 24.6 Å². The predicted octanol–water partition coefficient (Wildman–Crippen LogP) is 3.32. The molecule has 0 aliphatic rings. The molecule has 16 heavy (non-hydrogen) atoms. The molecule has 90 valence electrons. The van der Waals surface area contributed by atoms with Crippen LogP contribution in [0.15, 0.2) is 18.2 Å². The first kappa shape index (κ1) is 13.5. The monoisotopic (exact) mass is 260 g/mol. The summed E-state index contributed by atoms with van der Waals surface area (Å²) in [6.07, 6.45) is 0.